The minimum absolute atomic E-state index is 0.0132. The quantitative estimate of drug-likeness (QED) is 0.596. The van der Waals surface area contributed by atoms with Crippen molar-refractivity contribution < 1.29 is 19.2 Å². The summed E-state index contributed by atoms with van der Waals surface area (Å²) in [6.07, 6.45) is 0.687. The lowest BCUT2D eigenvalue weighted by Crippen LogP contribution is -2.29. The highest BCUT2D eigenvalue weighted by atomic mass is 16.7. The van der Waals surface area contributed by atoms with Crippen LogP contribution in [0.5, 0.6) is 0 Å². The van der Waals surface area contributed by atoms with E-state index in [2.05, 4.69) is 0 Å². The van der Waals surface area contributed by atoms with Gasteiger partial charge in [0.25, 0.3) is 5.91 Å². The van der Waals surface area contributed by atoms with E-state index in [1.807, 2.05) is 6.07 Å². The number of hydroxylamine groups is 2. The Hall–Kier alpha value is -2.68. The summed E-state index contributed by atoms with van der Waals surface area (Å²) in [5, 5.41) is 9.42. The van der Waals surface area contributed by atoms with Crippen molar-refractivity contribution >= 4 is 18.2 Å². The molecule has 0 unspecified atom stereocenters. The van der Waals surface area contributed by atoms with Gasteiger partial charge >= 0.3 is 5.97 Å². The molecule has 1 amide bonds. The third kappa shape index (κ3) is 4.24. The van der Waals surface area contributed by atoms with E-state index in [1.54, 1.807) is 0 Å². The molecule has 1 rings (SSSR count). The van der Waals surface area contributed by atoms with Crippen molar-refractivity contribution in [3.8, 4) is 6.07 Å². The SMILES string of the molecule is CN(OC(=O)c1ccc(C#N)cc1)C(=O)CCC=O. The van der Waals surface area contributed by atoms with E-state index in [-0.39, 0.29) is 18.4 Å². The van der Waals surface area contributed by atoms with Crippen molar-refractivity contribution in [3.05, 3.63) is 35.4 Å². The summed E-state index contributed by atoms with van der Waals surface area (Å²) in [5.74, 6) is -1.17. The van der Waals surface area contributed by atoms with E-state index < -0.39 is 11.9 Å². The third-order valence-corrected chi connectivity index (χ3v) is 2.30. The largest absolute Gasteiger partial charge is 0.363 e. The summed E-state index contributed by atoms with van der Waals surface area (Å²) in [6, 6.07) is 7.75. The van der Waals surface area contributed by atoms with Crippen LogP contribution in [0.15, 0.2) is 24.3 Å². The van der Waals surface area contributed by atoms with Gasteiger partial charge in [-0.25, -0.2) is 4.79 Å². The van der Waals surface area contributed by atoms with E-state index in [9.17, 15) is 14.4 Å². The van der Waals surface area contributed by atoms with Gasteiger partial charge in [0.2, 0.25) is 0 Å². The number of hydrogen-bond donors (Lipinski definition) is 0. The van der Waals surface area contributed by atoms with Gasteiger partial charge in [-0.3, -0.25) is 4.79 Å². The zero-order chi connectivity index (χ0) is 14.3. The first-order valence-electron chi connectivity index (χ1n) is 5.51. The van der Waals surface area contributed by atoms with Crippen LogP contribution in [0.1, 0.15) is 28.8 Å². The molecule has 1 aromatic rings. The zero-order valence-corrected chi connectivity index (χ0v) is 10.3. The average molecular weight is 260 g/mol. The maximum Gasteiger partial charge on any atom is 0.363 e. The molecule has 98 valence electrons. The average Bonchev–Trinajstić information content (AvgIpc) is 2.44. The van der Waals surface area contributed by atoms with Crippen LogP contribution in [-0.2, 0) is 14.4 Å². The molecule has 0 fully saturated rings. The highest BCUT2D eigenvalue weighted by molar-refractivity contribution is 5.90. The molecular weight excluding hydrogens is 248 g/mol. The minimum atomic E-state index is -0.702. The molecule has 0 aromatic heterocycles. The molecule has 0 spiro atoms. The standard InChI is InChI=1S/C13H12N2O4/c1-15(12(17)3-2-8-16)19-13(18)11-6-4-10(9-14)5-7-11/h4-8H,2-3H2,1H3. The fourth-order valence-corrected chi connectivity index (χ4v) is 1.25. The van der Waals surface area contributed by atoms with Gasteiger partial charge in [0.15, 0.2) is 0 Å². The summed E-state index contributed by atoms with van der Waals surface area (Å²) in [6.45, 7) is 0. The van der Waals surface area contributed by atoms with Gasteiger partial charge in [-0.15, -0.1) is 0 Å². The van der Waals surface area contributed by atoms with Crippen molar-refractivity contribution in [1.82, 2.24) is 5.06 Å². The number of nitrogens with zero attached hydrogens (tertiary/aromatic N) is 2. The summed E-state index contributed by atoms with van der Waals surface area (Å²) >= 11 is 0. The first-order chi connectivity index (χ1) is 9.08. The molecule has 0 aliphatic carbocycles. The number of aldehydes is 1. The summed E-state index contributed by atoms with van der Waals surface area (Å²) in [5.41, 5.74) is 0.654. The highest BCUT2D eigenvalue weighted by Crippen LogP contribution is 2.06. The molecule has 0 aliphatic rings. The predicted molar refractivity (Wildman–Crippen MR) is 64.6 cm³/mol. The molecule has 0 radical (unpaired) electrons. The first kappa shape index (κ1) is 14.4. The number of rotatable bonds is 4. The van der Waals surface area contributed by atoms with Crippen LogP contribution >= 0.6 is 0 Å². The summed E-state index contributed by atoms with van der Waals surface area (Å²) in [4.78, 5) is 38.0. The molecular formula is C13H12N2O4. The van der Waals surface area contributed by atoms with Gasteiger partial charge < -0.3 is 9.63 Å². The van der Waals surface area contributed by atoms with Crippen molar-refractivity contribution in [2.45, 2.75) is 12.8 Å². The van der Waals surface area contributed by atoms with Gasteiger partial charge in [-0.05, 0) is 24.3 Å². The molecule has 0 bridgehead atoms. The van der Waals surface area contributed by atoms with Crippen LogP contribution in [0.3, 0.4) is 0 Å². The van der Waals surface area contributed by atoms with E-state index >= 15 is 0 Å². The molecule has 0 N–H and O–H groups in total. The van der Waals surface area contributed by atoms with Gasteiger partial charge in [-0.2, -0.15) is 10.3 Å². The van der Waals surface area contributed by atoms with Gasteiger partial charge in [0.05, 0.1) is 17.2 Å². The highest BCUT2D eigenvalue weighted by Gasteiger charge is 2.15. The molecule has 0 saturated carbocycles. The first-order valence-corrected chi connectivity index (χ1v) is 5.51. The normalized spacial score (nSPS) is 9.26. The minimum Gasteiger partial charge on any atom is -0.333 e. The van der Waals surface area contributed by atoms with E-state index in [1.165, 1.54) is 31.3 Å². The lowest BCUT2D eigenvalue weighted by molar-refractivity contribution is -0.161. The fraction of sp³-hybridized carbons (Fsp3) is 0.231. The van der Waals surface area contributed by atoms with Crippen molar-refractivity contribution in [3.63, 3.8) is 0 Å². The Morgan fingerprint density at radius 2 is 2.00 bits per heavy atom. The Balaban J connectivity index is 2.61. The van der Waals surface area contributed by atoms with E-state index in [0.29, 0.717) is 11.8 Å². The number of carbonyl (C=O) groups excluding carboxylic acids is 3. The summed E-state index contributed by atoms with van der Waals surface area (Å²) < 4.78 is 0. The molecule has 0 atom stereocenters. The topological polar surface area (TPSA) is 87.5 Å². The third-order valence-electron chi connectivity index (χ3n) is 2.30. The second-order valence-corrected chi connectivity index (χ2v) is 3.66. The Kier molecular flexibility index (Phi) is 5.23. The Morgan fingerprint density at radius 3 is 2.53 bits per heavy atom. The summed E-state index contributed by atoms with van der Waals surface area (Å²) in [7, 11) is 1.30. The number of amides is 1. The lowest BCUT2D eigenvalue weighted by Gasteiger charge is -2.15. The fourth-order valence-electron chi connectivity index (χ4n) is 1.25. The maximum atomic E-state index is 11.7. The van der Waals surface area contributed by atoms with Crippen LogP contribution in [0.4, 0.5) is 0 Å². The lowest BCUT2D eigenvalue weighted by atomic mass is 10.1. The maximum absolute atomic E-state index is 11.7. The smallest absolute Gasteiger partial charge is 0.333 e. The molecule has 6 heteroatoms. The molecule has 0 aliphatic heterocycles. The van der Waals surface area contributed by atoms with Crippen LogP contribution < -0.4 is 0 Å². The number of carbonyl (C=O) groups is 3. The predicted octanol–water partition coefficient (Wildman–Crippen LogP) is 1.07. The second-order valence-electron chi connectivity index (χ2n) is 3.66. The van der Waals surface area contributed by atoms with E-state index in [0.717, 1.165) is 5.06 Å². The molecule has 0 saturated heterocycles. The number of nitriles is 1. The number of hydrogen-bond acceptors (Lipinski definition) is 5. The second kappa shape index (κ2) is 6.91. The Labute approximate surface area is 110 Å². The van der Waals surface area contributed by atoms with Crippen LogP contribution in [0, 0.1) is 11.3 Å². The van der Waals surface area contributed by atoms with Crippen LogP contribution in [-0.4, -0.2) is 30.3 Å². The van der Waals surface area contributed by atoms with Gasteiger partial charge in [0.1, 0.15) is 6.29 Å². The molecule has 0 heterocycles. The molecule has 1 aromatic carbocycles. The number of benzene rings is 1. The Bertz CT molecular complexity index is 516. The van der Waals surface area contributed by atoms with Gasteiger partial charge in [0, 0.05) is 19.9 Å². The van der Waals surface area contributed by atoms with Crippen molar-refractivity contribution in [2.75, 3.05) is 7.05 Å². The van der Waals surface area contributed by atoms with Crippen molar-refractivity contribution in [2.24, 2.45) is 0 Å². The van der Waals surface area contributed by atoms with Crippen LogP contribution in [0.2, 0.25) is 0 Å². The molecule has 19 heavy (non-hydrogen) atoms. The van der Waals surface area contributed by atoms with E-state index in [4.69, 9.17) is 10.1 Å². The monoisotopic (exact) mass is 260 g/mol. The van der Waals surface area contributed by atoms with Crippen molar-refractivity contribution in [1.29, 1.82) is 5.26 Å². The van der Waals surface area contributed by atoms with Gasteiger partial charge in [-0.1, -0.05) is 0 Å². The molecule has 6 nitrogen and oxygen atoms in total. The van der Waals surface area contributed by atoms with Crippen LogP contribution in [0.25, 0.3) is 0 Å². The Morgan fingerprint density at radius 1 is 1.37 bits per heavy atom. The zero-order valence-electron chi connectivity index (χ0n) is 10.3.